The molecule has 0 aliphatic heterocycles. The van der Waals surface area contributed by atoms with Gasteiger partial charge in [-0.1, -0.05) is 0 Å². The van der Waals surface area contributed by atoms with Crippen molar-refractivity contribution in [2.75, 3.05) is 19.6 Å². The lowest BCUT2D eigenvalue weighted by Crippen LogP contribution is -2.41. The van der Waals surface area contributed by atoms with Crippen molar-refractivity contribution < 1.29 is 18.0 Å². The van der Waals surface area contributed by atoms with Crippen LogP contribution in [-0.4, -0.2) is 46.7 Å². The lowest BCUT2D eigenvalue weighted by Gasteiger charge is -2.33. The number of nitrogens with two attached hydrogens (primary N) is 1. The molecule has 1 atom stereocenters. The van der Waals surface area contributed by atoms with Gasteiger partial charge in [0.1, 0.15) is 18.5 Å². The number of fused-ring (bicyclic) bond motifs is 1. The summed E-state index contributed by atoms with van der Waals surface area (Å²) >= 11 is 0. The molecule has 0 spiro atoms. The molecular weight excluding hydrogens is 387 g/mol. The number of hydrazine groups is 1. The second kappa shape index (κ2) is 9.51. The molecule has 1 aliphatic rings. The smallest absolute Gasteiger partial charge is 0.346 e. The maximum atomic E-state index is 12.1. The summed E-state index contributed by atoms with van der Waals surface area (Å²) in [6, 6.07) is 1.85. The molecule has 0 bridgehead atoms. The van der Waals surface area contributed by atoms with Crippen molar-refractivity contribution in [2.24, 2.45) is 17.7 Å². The van der Waals surface area contributed by atoms with Gasteiger partial charge in [-0.05, 0) is 50.1 Å². The molecule has 6 N–H and O–H groups in total. The Bertz CT molecular complexity index is 802. The van der Waals surface area contributed by atoms with Crippen LogP contribution >= 0.6 is 0 Å². The van der Waals surface area contributed by atoms with Gasteiger partial charge in [0.15, 0.2) is 0 Å². The van der Waals surface area contributed by atoms with Gasteiger partial charge in [-0.3, -0.25) is 16.1 Å². The topological polar surface area (TPSA) is 121 Å². The van der Waals surface area contributed by atoms with Crippen molar-refractivity contribution in [2.45, 2.75) is 37.9 Å². The lowest BCUT2D eigenvalue weighted by molar-refractivity contribution is -0.137. The predicted molar refractivity (Wildman–Crippen MR) is 101 cm³/mol. The monoisotopic (exact) mass is 413 g/mol. The van der Waals surface area contributed by atoms with Crippen LogP contribution in [0.3, 0.4) is 0 Å². The number of halogens is 3. The number of nitrogens with one attached hydrogen (secondary N) is 4. The zero-order chi connectivity index (χ0) is 20.9. The van der Waals surface area contributed by atoms with E-state index in [9.17, 15) is 18.0 Å². The number of alkyl halides is 3. The van der Waals surface area contributed by atoms with E-state index in [0.717, 1.165) is 42.4 Å². The molecule has 160 valence electrons. The van der Waals surface area contributed by atoms with Crippen LogP contribution in [0.25, 0.3) is 11.0 Å². The van der Waals surface area contributed by atoms with Crippen molar-refractivity contribution in [3.63, 3.8) is 0 Å². The van der Waals surface area contributed by atoms with Crippen LogP contribution in [-0.2, 0) is 4.79 Å². The molecule has 1 unspecified atom stereocenters. The summed E-state index contributed by atoms with van der Waals surface area (Å²) in [5.74, 6) is 5.89. The summed E-state index contributed by atoms with van der Waals surface area (Å²) in [5, 5.41) is 5.76. The first kappa shape index (κ1) is 21.5. The summed E-state index contributed by atoms with van der Waals surface area (Å²) in [6.45, 7) is -0.818. The first-order valence-electron chi connectivity index (χ1n) is 9.65. The maximum Gasteiger partial charge on any atom is 0.405 e. The number of hydrogen-bond acceptors (Lipinski definition) is 6. The molecule has 1 saturated carbocycles. The maximum absolute atomic E-state index is 12.1. The van der Waals surface area contributed by atoms with Crippen LogP contribution in [0.15, 0.2) is 18.6 Å². The summed E-state index contributed by atoms with van der Waals surface area (Å²) in [6.07, 6.45) is 2.73. The Labute approximate surface area is 166 Å². The van der Waals surface area contributed by atoms with Crippen LogP contribution in [0.2, 0.25) is 0 Å². The third kappa shape index (κ3) is 5.87. The van der Waals surface area contributed by atoms with Crippen LogP contribution in [0.4, 0.5) is 13.2 Å². The fourth-order valence-corrected chi connectivity index (χ4v) is 3.96. The number of nitrogens with zero attached hydrogens (tertiary/aromatic N) is 2. The zero-order valence-corrected chi connectivity index (χ0v) is 15.9. The average molecular weight is 413 g/mol. The molecule has 0 aromatic carbocycles. The number of hydrogen-bond donors (Lipinski definition) is 5. The third-order valence-corrected chi connectivity index (χ3v) is 5.43. The lowest BCUT2D eigenvalue weighted by atomic mass is 9.77. The Morgan fingerprint density at radius 1 is 1.28 bits per heavy atom. The van der Waals surface area contributed by atoms with Gasteiger partial charge in [-0.15, -0.1) is 0 Å². The standard InChI is InChI=1S/C18H26F3N7O/c19-18(20,21)9-25-14(29)8-23-7-11-1-3-12(4-2-11)15(28-22)16-13-5-6-24-17(13)27-10-26-16/h5-6,10-12,15,23,28H,1-4,7-9,22H2,(H,25,29)(H,24,26,27). The van der Waals surface area contributed by atoms with Gasteiger partial charge in [0.05, 0.1) is 18.3 Å². The molecule has 2 aromatic heterocycles. The van der Waals surface area contributed by atoms with Gasteiger partial charge >= 0.3 is 6.18 Å². The van der Waals surface area contributed by atoms with Crippen LogP contribution in [0.5, 0.6) is 0 Å². The van der Waals surface area contributed by atoms with Crippen molar-refractivity contribution in [1.29, 1.82) is 0 Å². The summed E-state index contributed by atoms with van der Waals surface area (Å²) in [4.78, 5) is 23.2. The van der Waals surface area contributed by atoms with Gasteiger partial charge in [-0.25, -0.2) is 9.97 Å². The van der Waals surface area contributed by atoms with Crippen LogP contribution < -0.4 is 21.9 Å². The Balaban J connectivity index is 1.45. The number of rotatable bonds is 8. The van der Waals surface area contributed by atoms with Crippen molar-refractivity contribution in [1.82, 2.24) is 31.0 Å². The normalized spacial score (nSPS) is 21.2. The van der Waals surface area contributed by atoms with Crippen LogP contribution in [0, 0.1) is 11.8 Å². The molecule has 8 nitrogen and oxygen atoms in total. The highest BCUT2D eigenvalue weighted by Crippen LogP contribution is 2.37. The largest absolute Gasteiger partial charge is 0.405 e. The van der Waals surface area contributed by atoms with Gasteiger partial charge in [0.25, 0.3) is 0 Å². The number of carbonyl (C=O) groups is 1. The molecule has 3 rings (SSSR count). The molecule has 29 heavy (non-hydrogen) atoms. The van der Waals surface area contributed by atoms with Crippen molar-refractivity contribution >= 4 is 16.9 Å². The fourth-order valence-electron chi connectivity index (χ4n) is 3.96. The summed E-state index contributed by atoms with van der Waals surface area (Å²) in [7, 11) is 0. The second-order valence-electron chi connectivity index (χ2n) is 7.45. The first-order valence-corrected chi connectivity index (χ1v) is 9.65. The summed E-state index contributed by atoms with van der Waals surface area (Å²) in [5.41, 5.74) is 4.56. The molecule has 1 aliphatic carbocycles. The molecule has 1 amide bonds. The number of amides is 1. The van der Waals surface area contributed by atoms with E-state index in [1.165, 1.54) is 6.33 Å². The second-order valence-corrected chi connectivity index (χ2v) is 7.45. The number of aromatic nitrogens is 3. The highest BCUT2D eigenvalue weighted by molar-refractivity contribution is 5.78. The van der Waals surface area contributed by atoms with Gasteiger partial charge < -0.3 is 15.6 Å². The number of carbonyl (C=O) groups excluding carboxylic acids is 1. The summed E-state index contributed by atoms with van der Waals surface area (Å²) < 4.78 is 36.3. The molecule has 1 fully saturated rings. The first-order chi connectivity index (χ1) is 13.9. The Morgan fingerprint density at radius 3 is 2.72 bits per heavy atom. The number of H-pyrrole nitrogens is 1. The Hall–Kier alpha value is -2.24. The molecular formula is C18H26F3N7O. The molecule has 0 saturated heterocycles. The minimum absolute atomic E-state index is 0.0849. The van der Waals surface area contributed by atoms with Gasteiger partial charge in [0, 0.05) is 11.6 Å². The van der Waals surface area contributed by atoms with Crippen molar-refractivity contribution in [3.05, 3.63) is 24.3 Å². The molecule has 11 heteroatoms. The molecule has 2 aromatic rings. The fraction of sp³-hybridized carbons (Fsp3) is 0.611. The minimum Gasteiger partial charge on any atom is -0.346 e. The quantitative estimate of drug-likeness (QED) is 0.331. The van der Waals surface area contributed by atoms with Gasteiger partial charge in [-0.2, -0.15) is 13.2 Å². The van der Waals surface area contributed by atoms with E-state index in [0.29, 0.717) is 18.4 Å². The highest BCUT2D eigenvalue weighted by Gasteiger charge is 2.30. The van der Waals surface area contributed by atoms with Crippen molar-refractivity contribution in [3.8, 4) is 0 Å². The predicted octanol–water partition coefficient (Wildman–Crippen LogP) is 1.54. The van der Waals surface area contributed by atoms with E-state index in [2.05, 4.69) is 25.7 Å². The number of aromatic amines is 1. The van der Waals surface area contributed by atoms with E-state index in [1.807, 2.05) is 17.6 Å². The third-order valence-electron chi connectivity index (χ3n) is 5.43. The Morgan fingerprint density at radius 2 is 2.03 bits per heavy atom. The van der Waals surface area contributed by atoms with Crippen LogP contribution in [0.1, 0.15) is 37.4 Å². The van der Waals surface area contributed by atoms with E-state index < -0.39 is 18.6 Å². The average Bonchev–Trinajstić information content (AvgIpc) is 3.17. The van der Waals surface area contributed by atoms with E-state index in [1.54, 1.807) is 0 Å². The minimum atomic E-state index is -4.39. The SMILES string of the molecule is NNC(c1ncnc2[nH]ccc12)C1CCC(CNCC(=O)NCC(F)(F)F)CC1. The van der Waals surface area contributed by atoms with E-state index >= 15 is 0 Å². The zero-order valence-electron chi connectivity index (χ0n) is 15.9. The van der Waals surface area contributed by atoms with E-state index in [4.69, 9.17) is 5.84 Å². The Kier molecular flexibility index (Phi) is 7.04. The molecule has 2 heterocycles. The molecule has 0 radical (unpaired) electrons. The van der Waals surface area contributed by atoms with Gasteiger partial charge in [0.2, 0.25) is 5.91 Å². The van der Waals surface area contributed by atoms with E-state index in [-0.39, 0.29) is 12.6 Å². The highest BCUT2D eigenvalue weighted by atomic mass is 19.4.